The molecular formula is C18H21N3O3. The van der Waals surface area contributed by atoms with Crippen LogP contribution in [0.5, 0.6) is 0 Å². The summed E-state index contributed by atoms with van der Waals surface area (Å²) in [6, 6.07) is 8.83. The molecule has 1 aliphatic heterocycles. The van der Waals surface area contributed by atoms with Crippen molar-refractivity contribution < 1.29 is 14.7 Å². The number of anilines is 1. The summed E-state index contributed by atoms with van der Waals surface area (Å²) in [6.45, 7) is 2.20. The van der Waals surface area contributed by atoms with Gasteiger partial charge in [-0.15, -0.1) is 0 Å². The Hall–Kier alpha value is -2.60. The molecule has 3 N–H and O–H groups in total. The van der Waals surface area contributed by atoms with Gasteiger partial charge < -0.3 is 20.3 Å². The fourth-order valence-corrected chi connectivity index (χ4v) is 3.21. The Balaban J connectivity index is 1.68. The third-order valence-electron chi connectivity index (χ3n) is 4.55. The van der Waals surface area contributed by atoms with E-state index < -0.39 is 11.5 Å². The molecule has 1 atom stereocenters. The molecule has 6 heteroatoms. The van der Waals surface area contributed by atoms with E-state index >= 15 is 0 Å². The lowest BCUT2D eigenvalue weighted by atomic mass is 9.92. The van der Waals surface area contributed by atoms with Gasteiger partial charge in [0.1, 0.15) is 0 Å². The molecule has 24 heavy (non-hydrogen) atoms. The molecule has 1 aromatic heterocycles. The van der Waals surface area contributed by atoms with Crippen molar-refractivity contribution >= 4 is 17.5 Å². The first kappa shape index (κ1) is 16.3. The van der Waals surface area contributed by atoms with Crippen LogP contribution in [-0.4, -0.2) is 28.0 Å². The van der Waals surface area contributed by atoms with E-state index in [4.69, 9.17) is 0 Å². The average Bonchev–Trinajstić information content (AvgIpc) is 3.06. The molecule has 0 saturated heterocycles. The average molecular weight is 327 g/mol. The quantitative estimate of drug-likeness (QED) is 0.779. The van der Waals surface area contributed by atoms with Crippen LogP contribution in [0.4, 0.5) is 5.69 Å². The number of nitrogens with one attached hydrogen (secondary N) is 2. The van der Waals surface area contributed by atoms with Crippen molar-refractivity contribution in [2.24, 2.45) is 7.05 Å². The third-order valence-corrected chi connectivity index (χ3v) is 4.55. The lowest BCUT2D eigenvalue weighted by Gasteiger charge is -2.21. The van der Waals surface area contributed by atoms with Crippen LogP contribution < -0.4 is 10.6 Å². The van der Waals surface area contributed by atoms with Gasteiger partial charge in [0.05, 0.1) is 5.56 Å². The van der Waals surface area contributed by atoms with Crippen LogP contribution in [0, 0.1) is 0 Å². The van der Waals surface area contributed by atoms with Crippen LogP contribution in [0.25, 0.3) is 0 Å². The van der Waals surface area contributed by atoms with Crippen LogP contribution in [-0.2, 0) is 23.9 Å². The van der Waals surface area contributed by atoms with E-state index in [0.29, 0.717) is 16.8 Å². The lowest BCUT2D eigenvalue weighted by molar-refractivity contribution is -0.134. The summed E-state index contributed by atoms with van der Waals surface area (Å²) in [7, 11) is 1.90. The minimum atomic E-state index is -1.60. The molecule has 0 spiro atoms. The molecule has 0 fully saturated rings. The predicted molar refractivity (Wildman–Crippen MR) is 90.7 cm³/mol. The van der Waals surface area contributed by atoms with Crippen molar-refractivity contribution in [3.63, 3.8) is 0 Å². The Morgan fingerprint density at radius 1 is 1.33 bits per heavy atom. The van der Waals surface area contributed by atoms with Gasteiger partial charge in [0.15, 0.2) is 5.60 Å². The van der Waals surface area contributed by atoms with Crippen molar-refractivity contribution in [3.05, 3.63) is 53.3 Å². The van der Waals surface area contributed by atoms with E-state index in [-0.39, 0.29) is 18.9 Å². The summed E-state index contributed by atoms with van der Waals surface area (Å²) in [5, 5.41) is 16.2. The second kappa shape index (κ2) is 6.13. The van der Waals surface area contributed by atoms with Gasteiger partial charge in [0, 0.05) is 43.2 Å². The van der Waals surface area contributed by atoms with Gasteiger partial charge in [0.2, 0.25) is 0 Å². The van der Waals surface area contributed by atoms with Crippen molar-refractivity contribution in [1.29, 1.82) is 0 Å². The zero-order chi connectivity index (χ0) is 17.3. The fourth-order valence-electron chi connectivity index (χ4n) is 3.21. The Kier molecular flexibility index (Phi) is 4.15. The molecule has 2 amide bonds. The van der Waals surface area contributed by atoms with Crippen LogP contribution in [0.1, 0.15) is 35.0 Å². The van der Waals surface area contributed by atoms with E-state index in [1.54, 1.807) is 30.3 Å². The third kappa shape index (κ3) is 2.59. The summed E-state index contributed by atoms with van der Waals surface area (Å²) >= 11 is 0. The predicted octanol–water partition coefficient (Wildman–Crippen LogP) is 1.55. The van der Waals surface area contributed by atoms with E-state index in [1.807, 2.05) is 24.7 Å². The van der Waals surface area contributed by atoms with Gasteiger partial charge in [-0.1, -0.05) is 25.1 Å². The van der Waals surface area contributed by atoms with Crippen molar-refractivity contribution in [2.45, 2.75) is 25.4 Å². The highest BCUT2D eigenvalue weighted by Crippen LogP contribution is 2.37. The molecule has 1 unspecified atom stereocenters. The Labute approximate surface area is 140 Å². The molecule has 0 aliphatic carbocycles. The number of carbonyl (C=O) groups is 2. The standard InChI is InChI=1S/C18H21N3O3/c1-3-15-12(8-11-21(15)2)16(22)19-10-9-18(24)13-6-4-5-7-14(13)20-17(18)23/h4-8,11,24H,3,9-10H2,1-2H3,(H,19,22)(H,20,23). The van der Waals surface area contributed by atoms with Crippen molar-refractivity contribution in [2.75, 3.05) is 11.9 Å². The number of para-hydroxylation sites is 1. The lowest BCUT2D eigenvalue weighted by Crippen LogP contribution is -2.38. The maximum atomic E-state index is 12.3. The zero-order valence-corrected chi connectivity index (χ0v) is 13.8. The highest BCUT2D eigenvalue weighted by molar-refractivity contribution is 6.04. The molecule has 126 valence electrons. The van der Waals surface area contributed by atoms with Crippen LogP contribution in [0.2, 0.25) is 0 Å². The first-order valence-electron chi connectivity index (χ1n) is 8.03. The summed E-state index contributed by atoms with van der Waals surface area (Å²) in [6.07, 6.45) is 2.73. The van der Waals surface area contributed by atoms with E-state index in [1.165, 1.54) is 0 Å². The molecule has 0 radical (unpaired) electrons. The van der Waals surface area contributed by atoms with Gasteiger partial charge >= 0.3 is 0 Å². The minimum absolute atomic E-state index is 0.121. The minimum Gasteiger partial charge on any atom is -0.375 e. The number of hydrogen-bond donors (Lipinski definition) is 3. The number of nitrogens with zero attached hydrogens (tertiary/aromatic N) is 1. The number of aliphatic hydroxyl groups is 1. The maximum absolute atomic E-state index is 12.3. The van der Waals surface area contributed by atoms with Crippen molar-refractivity contribution in [1.82, 2.24) is 9.88 Å². The van der Waals surface area contributed by atoms with E-state index in [0.717, 1.165) is 12.1 Å². The summed E-state index contributed by atoms with van der Waals surface area (Å²) in [4.78, 5) is 24.5. The fraction of sp³-hybridized carbons (Fsp3) is 0.333. The number of amides is 2. The van der Waals surface area contributed by atoms with Crippen LogP contribution >= 0.6 is 0 Å². The molecule has 3 rings (SSSR count). The Morgan fingerprint density at radius 2 is 2.08 bits per heavy atom. The van der Waals surface area contributed by atoms with Gasteiger partial charge in [0.25, 0.3) is 11.8 Å². The number of fused-ring (bicyclic) bond motifs is 1. The zero-order valence-electron chi connectivity index (χ0n) is 13.8. The SMILES string of the molecule is CCc1c(C(=O)NCCC2(O)C(=O)Nc3ccccc32)ccn1C. The number of carbonyl (C=O) groups excluding carboxylic acids is 2. The summed E-state index contributed by atoms with van der Waals surface area (Å²) in [5.41, 5.74) is 1.15. The van der Waals surface area contributed by atoms with E-state index in [9.17, 15) is 14.7 Å². The highest BCUT2D eigenvalue weighted by Gasteiger charge is 2.44. The van der Waals surface area contributed by atoms with Gasteiger partial charge in [-0.2, -0.15) is 0 Å². The molecule has 6 nitrogen and oxygen atoms in total. The van der Waals surface area contributed by atoms with Crippen molar-refractivity contribution in [3.8, 4) is 0 Å². The second-order valence-corrected chi connectivity index (χ2v) is 6.01. The van der Waals surface area contributed by atoms with Gasteiger partial charge in [-0.05, 0) is 18.6 Å². The number of rotatable bonds is 5. The number of aromatic nitrogens is 1. The Bertz CT molecular complexity index is 797. The van der Waals surface area contributed by atoms with E-state index in [2.05, 4.69) is 10.6 Å². The van der Waals surface area contributed by atoms with Gasteiger partial charge in [-0.25, -0.2) is 0 Å². The summed E-state index contributed by atoms with van der Waals surface area (Å²) in [5.74, 6) is -0.644. The van der Waals surface area contributed by atoms with Gasteiger partial charge in [-0.3, -0.25) is 9.59 Å². The topological polar surface area (TPSA) is 83.4 Å². The largest absolute Gasteiger partial charge is 0.375 e. The first-order valence-corrected chi connectivity index (χ1v) is 8.03. The molecule has 0 bridgehead atoms. The maximum Gasteiger partial charge on any atom is 0.261 e. The normalized spacial score (nSPS) is 19.0. The molecule has 1 aromatic carbocycles. The monoisotopic (exact) mass is 327 g/mol. The molecule has 2 aromatic rings. The number of aryl methyl sites for hydroxylation is 1. The molecular weight excluding hydrogens is 306 g/mol. The first-order chi connectivity index (χ1) is 11.5. The highest BCUT2D eigenvalue weighted by atomic mass is 16.3. The second-order valence-electron chi connectivity index (χ2n) is 6.01. The number of hydrogen-bond acceptors (Lipinski definition) is 3. The smallest absolute Gasteiger partial charge is 0.261 e. The molecule has 2 heterocycles. The molecule has 1 aliphatic rings. The van der Waals surface area contributed by atoms with Crippen LogP contribution in [0.15, 0.2) is 36.5 Å². The Morgan fingerprint density at radius 3 is 2.83 bits per heavy atom. The summed E-state index contributed by atoms with van der Waals surface area (Å²) < 4.78 is 1.92. The van der Waals surface area contributed by atoms with Crippen LogP contribution in [0.3, 0.4) is 0 Å². The number of benzene rings is 1. The molecule has 0 saturated carbocycles.